The summed E-state index contributed by atoms with van der Waals surface area (Å²) in [7, 11) is 0. The van der Waals surface area contributed by atoms with E-state index in [1.807, 2.05) is 12.1 Å². The number of rotatable bonds is 6. The van der Waals surface area contributed by atoms with Crippen molar-refractivity contribution >= 4 is 5.97 Å². The first-order valence-corrected chi connectivity index (χ1v) is 4.78. The number of nitrogens with zero attached hydrogens (tertiary/aromatic N) is 1. The first-order valence-electron chi connectivity index (χ1n) is 4.78. The number of hydrogen-bond donors (Lipinski definition) is 2. The Hall–Kier alpha value is -1.68. The Balaban J connectivity index is 2.10. The van der Waals surface area contributed by atoms with Gasteiger partial charge in [-0.15, -0.1) is 0 Å². The number of aliphatic carboxylic acids is 1. The van der Waals surface area contributed by atoms with Gasteiger partial charge >= 0.3 is 5.97 Å². The Bertz CT molecular complexity index is 323. The molecule has 2 N–H and O–H groups in total. The van der Waals surface area contributed by atoms with E-state index in [4.69, 9.17) is 5.11 Å². The second kappa shape index (κ2) is 6.73. The van der Waals surface area contributed by atoms with E-state index in [-0.39, 0.29) is 0 Å². The van der Waals surface area contributed by atoms with Gasteiger partial charge in [0, 0.05) is 25.0 Å². The number of hydrogen-bond acceptors (Lipinski definition) is 3. The second-order valence-electron chi connectivity index (χ2n) is 3.05. The van der Waals surface area contributed by atoms with Crippen LogP contribution in [0.3, 0.4) is 0 Å². The molecule has 0 aliphatic rings. The molecule has 4 heteroatoms. The van der Waals surface area contributed by atoms with Gasteiger partial charge in [-0.25, -0.2) is 4.79 Å². The summed E-state index contributed by atoms with van der Waals surface area (Å²) in [6.07, 6.45) is 7.18. The first kappa shape index (κ1) is 11.4. The maximum atomic E-state index is 10.1. The molecule has 0 spiro atoms. The first-order chi connectivity index (χ1) is 7.29. The predicted octanol–water partition coefficient (Wildman–Crippen LogP) is 0.854. The Morgan fingerprint density at radius 1 is 1.47 bits per heavy atom. The SMILES string of the molecule is O=C(O)/C=C/CNCCc1ccncc1. The molecule has 15 heavy (non-hydrogen) atoms. The van der Waals surface area contributed by atoms with E-state index in [0.29, 0.717) is 6.54 Å². The molecule has 4 nitrogen and oxygen atoms in total. The molecule has 1 rings (SSSR count). The quantitative estimate of drug-likeness (QED) is 0.535. The molecule has 0 unspecified atom stereocenters. The van der Waals surface area contributed by atoms with Crippen molar-refractivity contribution in [2.24, 2.45) is 0 Å². The number of nitrogens with one attached hydrogen (secondary N) is 1. The summed E-state index contributed by atoms with van der Waals surface area (Å²) in [5, 5.41) is 11.4. The van der Waals surface area contributed by atoms with Crippen molar-refractivity contribution in [3.05, 3.63) is 42.2 Å². The molecule has 0 saturated carbocycles. The molecule has 1 heterocycles. The van der Waals surface area contributed by atoms with Crippen molar-refractivity contribution in [1.29, 1.82) is 0 Å². The molecule has 0 saturated heterocycles. The summed E-state index contributed by atoms with van der Waals surface area (Å²) in [5.41, 5.74) is 1.22. The van der Waals surface area contributed by atoms with Gasteiger partial charge in [-0.05, 0) is 30.7 Å². The lowest BCUT2D eigenvalue weighted by atomic mass is 10.2. The third kappa shape index (κ3) is 5.59. The van der Waals surface area contributed by atoms with Crippen LogP contribution in [0, 0.1) is 0 Å². The van der Waals surface area contributed by atoms with Gasteiger partial charge in [0.25, 0.3) is 0 Å². The summed E-state index contributed by atoms with van der Waals surface area (Å²) in [6, 6.07) is 3.93. The van der Waals surface area contributed by atoms with Gasteiger partial charge < -0.3 is 10.4 Å². The molecular weight excluding hydrogens is 192 g/mol. The van der Waals surface area contributed by atoms with E-state index in [1.54, 1.807) is 18.5 Å². The Morgan fingerprint density at radius 2 is 2.20 bits per heavy atom. The van der Waals surface area contributed by atoms with Crippen LogP contribution in [0.15, 0.2) is 36.7 Å². The fraction of sp³-hybridized carbons (Fsp3) is 0.273. The topological polar surface area (TPSA) is 62.2 Å². The third-order valence-electron chi connectivity index (χ3n) is 1.86. The number of carboxylic acids is 1. The largest absolute Gasteiger partial charge is 0.478 e. The Morgan fingerprint density at radius 3 is 2.87 bits per heavy atom. The maximum absolute atomic E-state index is 10.1. The Labute approximate surface area is 88.7 Å². The van der Waals surface area contributed by atoms with Crippen LogP contribution in [0.4, 0.5) is 0 Å². The van der Waals surface area contributed by atoms with Gasteiger partial charge in [0.05, 0.1) is 0 Å². The minimum Gasteiger partial charge on any atom is -0.478 e. The minimum atomic E-state index is -0.911. The van der Waals surface area contributed by atoms with Gasteiger partial charge in [0.15, 0.2) is 0 Å². The maximum Gasteiger partial charge on any atom is 0.328 e. The van der Waals surface area contributed by atoms with Crippen LogP contribution in [0.5, 0.6) is 0 Å². The van der Waals surface area contributed by atoms with E-state index in [0.717, 1.165) is 19.0 Å². The van der Waals surface area contributed by atoms with Crippen LogP contribution < -0.4 is 5.32 Å². The fourth-order valence-electron chi connectivity index (χ4n) is 1.13. The molecule has 0 bridgehead atoms. The average Bonchev–Trinajstić information content (AvgIpc) is 2.24. The molecule has 0 aromatic carbocycles. The highest BCUT2D eigenvalue weighted by atomic mass is 16.4. The molecule has 0 radical (unpaired) electrons. The number of aromatic nitrogens is 1. The standard InChI is InChI=1S/C11H14N2O2/c14-11(15)2-1-6-12-7-3-10-4-8-13-9-5-10/h1-2,4-5,8-9,12H,3,6-7H2,(H,14,15)/b2-1+. The van der Waals surface area contributed by atoms with E-state index in [1.165, 1.54) is 5.56 Å². The molecule has 0 amide bonds. The normalized spacial score (nSPS) is 10.7. The van der Waals surface area contributed by atoms with E-state index >= 15 is 0 Å². The summed E-state index contributed by atoms with van der Waals surface area (Å²) >= 11 is 0. The summed E-state index contributed by atoms with van der Waals surface area (Å²) in [4.78, 5) is 14.1. The van der Waals surface area contributed by atoms with Crippen molar-refractivity contribution in [3.8, 4) is 0 Å². The summed E-state index contributed by atoms with van der Waals surface area (Å²) < 4.78 is 0. The van der Waals surface area contributed by atoms with Crippen LogP contribution in [0.2, 0.25) is 0 Å². The lowest BCUT2D eigenvalue weighted by Crippen LogP contribution is -2.17. The van der Waals surface area contributed by atoms with Crippen LogP contribution in [-0.2, 0) is 11.2 Å². The van der Waals surface area contributed by atoms with Crippen molar-refractivity contribution < 1.29 is 9.90 Å². The zero-order valence-corrected chi connectivity index (χ0v) is 8.39. The molecule has 0 atom stereocenters. The smallest absolute Gasteiger partial charge is 0.328 e. The molecule has 0 fully saturated rings. The van der Waals surface area contributed by atoms with E-state index in [9.17, 15) is 4.79 Å². The summed E-state index contributed by atoms with van der Waals surface area (Å²) in [5.74, 6) is -0.911. The molecule has 1 aromatic rings. The van der Waals surface area contributed by atoms with Gasteiger partial charge in [-0.2, -0.15) is 0 Å². The highest BCUT2D eigenvalue weighted by Crippen LogP contribution is 1.95. The average molecular weight is 206 g/mol. The minimum absolute atomic E-state index is 0.581. The molecule has 80 valence electrons. The van der Waals surface area contributed by atoms with Crippen molar-refractivity contribution in [2.45, 2.75) is 6.42 Å². The van der Waals surface area contributed by atoms with E-state index < -0.39 is 5.97 Å². The lowest BCUT2D eigenvalue weighted by molar-refractivity contribution is -0.131. The van der Waals surface area contributed by atoms with Crippen molar-refractivity contribution in [1.82, 2.24) is 10.3 Å². The van der Waals surface area contributed by atoms with Gasteiger partial charge in [-0.3, -0.25) is 4.98 Å². The zero-order chi connectivity index (χ0) is 10.9. The Kier molecular flexibility index (Phi) is 5.11. The highest BCUT2D eigenvalue weighted by molar-refractivity contribution is 5.79. The van der Waals surface area contributed by atoms with Crippen LogP contribution >= 0.6 is 0 Å². The van der Waals surface area contributed by atoms with Gasteiger partial charge in [-0.1, -0.05) is 6.08 Å². The van der Waals surface area contributed by atoms with E-state index in [2.05, 4.69) is 10.3 Å². The van der Waals surface area contributed by atoms with Crippen molar-refractivity contribution in [3.63, 3.8) is 0 Å². The monoisotopic (exact) mass is 206 g/mol. The van der Waals surface area contributed by atoms with Gasteiger partial charge in [0.2, 0.25) is 0 Å². The number of pyridine rings is 1. The zero-order valence-electron chi connectivity index (χ0n) is 8.39. The third-order valence-corrected chi connectivity index (χ3v) is 1.86. The van der Waals surface area contributed by atoms with Crippen LogP contribution in [0.25, 0.3) is 0 Å². The fourth-order valence-corrected chi connectivity index (χ4v) is 1.13. The number of carbonyl (C=O) groups is 1. The van der Waals surface area contributed by atoms with Gasteiger partial charge in [0.1, 0.15) is 0 Å². The van der Waals surface area contributed by atoms with Crippen molar-refractivity contribution in [2.75, 3.05) is 13.1 Å². The molecule has 0 aliphatic carbocycles. The van der Waals surface area contributed by atoms with Crippen LogP contribution in [-0.4, -0.2) is 29.1 Å². The number of carboxylic acid groups (broad SMARTS) is 1. The second-order valence-corrected chi connectivity index (χ2v) is 3.05. The molecule has 0 aliphatic heterocycles. The molecule has 1 aromatic heterocycles. The lowest BCUT2D eigenvalue weighted by Gasteiger charge is -2.01. The highest BCUT2D eigenvalue weighted by Gasteiger charge is 1.90. The molecular formula is C11H14N2O2. The van der Waals surface area contributed by atoms with Crippen LogP contribution in [0.1, 0.15) is 5.56 Å². The predicted molar refractivity (Wildman–Crippen MR) is 57.6 cm³/mol. The summed E-state index contributed by atoms with van der Waals surface area (Å²) in [6.45, 7) is 1.41.